The van der Waals surface area contributed by atoms with Crippen molar-refractivity contribution < 1.29 is 54.3 Å². The first-order valence-corrected chi connectivity index (χ1v) is 15.7. The Morgan fingerprint density at radius 3 is 2.05 bits per heavy atom. The number of fused-ring (bicyclic) bond motifs is 1. The van der Waals surface area contributed by atoms with Gasteiger partial charge in [0, 0.05) is 24.2 Å². The molecule has 5 aliphatic rings. The molecule has 0 bridgehead atoms. The van der Waals surface area contributed by atoms with Crippen LogP contribution >= 0.6 is 0 Å². The van der Waals surface area contributed by atoms with Gasteiger partial charge in [-0.2, -0.15) is 0 Å². The molecule has 17 atom stereocenters. The van der Waals surface area contributed by atoms with Gasteiger partial charge in [-0.25, -0.2) is 0 Å². The van der Waals surface area contributed by atoms with Crippen molar-refractivity contribution in [2.75, 3.05) is 13.7 Å². The van der Waals surface area contributed by atoms with E-state index in [-0.39, 0.29) is 24.9 Å². The smallest absolute Gasteiger partial charge is 0.189 e. The number of nitrogens with one attached hydrogen (secondary N) is 2. The molecule has 44 heavy (non-hydrogen) atoms. The molecule has 256 valence electrons. The number of ether oxygens (including phenoxy) is 5. The molecule has 16 N–H and O–H groups in total. The Morgan fingerprint density at radius 2 is 1.39 bits per heavy atom. The zero-order valence-electron chi connectivity index (χ0n) is 25.0. The third-order valence-electron chi connectivity index (χ3n) is 9.89. The molecule has 17 heteroatoms. The highest BCUT2D eigenvalue weighted by atomic mass is 16.8. The summed E-state index contributed by atoms with van der Waals surface area (Å²) in [5.41, 5.74) is 24.4. The molecule has 0 radical (unpaired) electrons. The minimum absolute atomic E-state index is 0.0577. The third kappa shape index (κ3) is 7.09. The lowest BCUT2D eigenvalue weighted by atomic mass is 9.84. The van der Waals surface area contributed by atoms with Gasteiger partial charge in [0.2, 0.25) is 0 Å². The van der Waals surface area contributed by atoms with E-state index in [1.165, 1.54) is 0 Å². The monoisotopic (exact) mass is 636 g/mol. The van der Waals surface area contributed by atoms with Crippen molar-refractivity contribution in [3.8, 4) is 0 Å². The summed E-state index contributed by atoms with van der Waals surface area (Å²) >= 11 is 0. The van der Waals surface area contributed by atoms with E-state index in [2.05, 4.69) is 10.6 Å². The van der Waals surface area contributed by atoms with Gasteiger partial charge in [0.05, 0.1) is 36.9 Å². The number of hydrogen-bond acceptors (Lipinski definition) is 17. The summed E-state index contributed by atoms with van der Waals surface area (Å²) in [6, 6.07) is -3.57. The molecular formula is C27H52N6O11. The predicted molar refractivity (Wildman–Crippen MR) is 152 cm³/mol. The fourth-order valence-corrected chi connectivity index (χ4v) is 7.19. The molecular weight excluding hydrogens is 584 g/mol. The normalized spacial score (nSPS) is 53.7. The molecule has 3 aliphatic heterocycles. The van der Waals surface area contributed by atoms with E-state index < -0.39 is 111 Å². The second kappa shape index (κ2) is 14.6. The summed E-state index contributed by atoms with van der Waals surface area (Å²) in [6.45, 7) is -0.436. The summed E-state index contributed by atoms with van der Waals surface area (Å²) < 4.78 is 30.1. The van der Waals surface area contributed by atoms with E-state index in [9.17, 15) is 30.6 Å². The minimum Gasteiger partial charge on any atom is -0.394 e. The first kappa shape index (κ1) is 34.6. The first-order chi connectivity index (χ1) is 20.9. The van der Waals surface area contributed by atoms with Crippen molar-refractivity contribution in [2.45, 2.75) is 155 Å². The van der Waals surface area contributed by atoms with E-state index in [4.69, 9.17) is 46.6 Å². The summed E-state index contributed by atoms with van der Waals surface area (Å²) in [5.74, 6) is 0. The fourth-order valence-electron chi connectivity index (χ4n) is 7.19. The summed E-state index contributed by atoms with van der Waals surface area (Å²) in [7, 11) is 1.58. The minimum atomic E-state index is -1.49. The maximum Gasteiger partial charge on any atom is 0.189 e. The molecule has 0 aromatic carbocycles. The molecule has 9 unspecified atom stereocenters. The molecule has 0 aromatic heterocycles. The quantitative estimate of drug-likeness (QED) is 0.118. The van der Waals surface area contributed by atoms with Crippen LogP contribution in [0.3, 0.4) is 0 Å². The van der Waals surface area contributed by atoms with Crippen molar-refractivity contribution in [2.24, 2.45) is 22.9 Å². The van der Waals surface area contributed by atoms with Crippen LogP contribution in [0.2, 0.25) is 0 Å². The number of aliphatic hydroxyl groups is 6. The topological polar surface area (TPSA) is 296 Å². The molecule has 5 fully saturated rings. The SMILES string of the molecule is CNC1C(O[C@H]2OC(CO)[C@@H](NC3CCC(N)CC3)[C@H](O)C2O)O[C@H]2CC(N)[C@@H](O[C@@H]3C(N)C[C@@H](N)C(O)[C@H]3O)OC2C1O. The lowest BCUT2D eigenvalue weighted by Crippen LogP contribution is -2.70. The number of rotatable bonds is 8. The molecule has 0 spiro atoms. The van der Waals surface area contributed by atoms with E-state index >= 15 is 0 Å². The van der Waals surface area contributed by atoms with Gasteiger partial charge >= 0.3 is 0 Å². The molecule has 0 aromatic rings. The maximum absolute atomic E-state index is 11.3. The maximum atomic E-state index is 11.3. The van der Waals surface area contributed by atoms with Crippen LogP contribution in [0.15, 0.2) is 0 Å². The molecule has 17 nitrogen and oxygen atoms in total. The van der Waals surface area contributed by atoms with Crippen molar-refractivity contribution in [3.63, 3.8) is 0 Å². The number of likely N-dealkylation sites (N-methyl/N-ethyl adjacent to an activating group) is 1. The molecule has 3 heterocycles. The fraction of sp³-hybridized carbons (Fsp3) is 1.00. The van der Waals surface area contributed by atoms with Gasteiger partial charge in [-0.3, -0.25) is 0 Å². The van der Waals surface area contributed by atoms with Crippen LogP contribution < -0.4 is 33.6 Å². The summed E-state index contributed by atoms with van der Waals surface area (Å²) in [4.78, 5) is 0. The Hall–Kier alpha value is -0.680. The molecule has 3 saturated heterocycles. The van der Waals surface area contributed by atoms with Crippen LogP contribution in [0.5, 0.6) is 0 Å². The van der Waals surface area contributed by atoms with Crippen molar-refractivity contribution in [1.29, 1.82) is 0 Å². The van der Waals surface area contributed by atoms with Gasteiger partial charge in [0.15, 0.2) is 18.9 Å². The Labute approximate surface area is 256 Å². The molecule has 2 aliphatic carbocycles. The first-order valence-electron chi connectivity index (χ1n) is 15.7. The lowest BCUT2D eigenvalue weighted by molar-refractivity contribution is -0.374. The summed E-state index contributed by atoms with van der Waals surface area (Å²) in [6.07, 6.45) is -10.1. The number of nitrogens with two attached hydrogens (primary N) is 4. The average molecular weight is 637 g/mol. The lowest BCUT2D eigenvalue weighted by Gasteiger charge is -2.51. The van der Waals surface area contributed by atoms with Crippen LogP contribution in [0.25, 0.3) is 0 Å². The Bertz CT molecular complexity index is 920. The second-order valence-electron chi connectivity index (χ2n) is 13.0. The largest absolute Gasteiger partial charge is 0.394 e. The zero-order chi connectivity index (χ0) is 31.9. The highest BCUT2D eigenvalue weighted by Crippen LogP contribution is 2.36. The number of hydrogen-bond donors (Lipinski definition) is 12. The molecule has 0 amide bonds. The molecule has 2 saturated carbocycles. The number of aliphatic hydroxyl groups excluding tert-OH is 6. The van der Waals surface area contributed by atoms with E-state index in [0.717, 1.165) is 25.7 Å². The van der Waals surface area contributed by atoms with Crippen LogP contribution in [-0.2, 0) is 23.7 Å². The van der Waals surface area contributed by atoms with Crippen molar-refractivity contribution >= 4 is 0 Å². The highest BCUT2D eigenvalue weighted by Gasteiger charge is 2.54. The Kier molecular flexibility index (Phi) is 11.5. The van der Waals surface area contributed by atoms with Gasteiger partial charge in [-0.15, -0.1) is 0 Å². The van der Waals surface area contributed by atoms with Crippen LogP contribution in [-0.4, -0.2) is 160 Å². The Balaban J connectivity index is 1.22. The van der Waals surface area contributed by atoms with Crippen LogP contribution in [0.4, 0.5) is 0 Å². The standard InChI is InChI=1S/C27H52N6O11/c1-32-17-20(37)24-14(7-13(31)25(43-24)42-23-12(30)6-11(29)18(35)21(23)38)40-26(17)44-27-22(39)19(36)16(15(8-34)41-27)33-10-4-2-9(28)3-5-10/h9-27,32-39H,2-8,28-31H2,1H3/t9?,10?,11-,12?,13?,14+,15?,16-,17?,18?,19+,20?,21-,22?,23-,24?,25+,26?,27-/m1/s1. The zero-order valence-corrected chi connectivity index (χ0v) is 25.0. The molecule has 5 rings (SSSR count). The summed E-state index contributed by atoms with van der Waals surface area (Å²) in [5, 5.41) is 70.5. The Morgan fingerprint density at radius 1 is 0.682 bits per heavy atom. The van der Waals surface area contributed by atoms with Crippen molar-refractivity contribution in [3.05, 3.63) is 0 Å². The van der Waals surface area contributed by atoms with E-state index in [1.54, 1.807) is 7.05 Å². The highest BCUT2D eigenvalue weighted by molar-refractivity contribution is 5.02. The third-order valence-corrected chi connectivity index (χ3v) is 9.89. The van der Waals surface area contributed by atoms with E-state index in [0.29, 0.717) is 0 Å². The van der Waals surface area contributed by atoms with Gasteiger partial charge in [-0.1, -0.05) is 0 Å². The van der Waals surface area contributed by atoms with Gasteiger partial charge in [-0.05, 0) is 45.6 Å². The van der Waals surface area contributed by atoms with Crippen LogP contribution in [0, 0.1) is 0 Å². The van der Waals surface area contributed by atoms with Gasteiger partial charge in [0.25, 0.3) is 0 Å². The van der Waals surface area contributed by atoms with Gasteiger partial charge in [0.1, 0.15) is 42.7 Å². The van der Waals surface area contributed by atoms with E-state index in [1.807, 2.05) is 0 Å². The predicted octanol–water partition coefficient (Wildman–Crippen LogP) is -6.05. The van der Waals surface area contributed by atoms with Crippen molar-refractivity contribution in [1.82, 2.24) is 10.6 Å². The second-order valence-corrected chi connectivity index (χ2v) is 13.0. The van der Waals surface area contributed by atoms with Crippen LogP contribution in [0.1, 0.15) is 38.5 Å². The van der Waals surface area contributed by atoms with Gasteiger partial charge < -0.3 is 87.9 Å². The average Bonchev–Trinajstić information content (AvgIpc) is 2.99.